The van der Waals surface area contributed by atoms with Gasteiger partial charge in [-0.1, -0.05) is 0 Å². The summed E-state index contributed by atoms with van der Waals surface area (Å²) in [7, 11) is 0. The fourth-order valence-corrected chi connectivity index (χ4v) is 5.01. The van der Waals surface area contributed by atoms with Gasteiger partial charge in [0.1, 0.15) is 10.8 Å². The van der Waals surface area contributed by atoms with Crippen molar-refractivity contribution in [3.8, 4) is 16.3 Å². The van der Waals surface area contributed by atoms with Gasteiger partial charge in [0.2, 0.25) is 5.91 Å². The predicted octanol–water partition coefficient (Wildman–Crippen LogP) is 2.60. The summed E-state index contributed by atoms with van der Waals surface area (Å²) in [5.41, 5.74) is 1.84. The normalized spacial score (nSPS) is 20.5. The van der Waals surface area contributed by atoms with Crippen LogP contribution in [0.3, 0.4) is 0 Å². The third kappa shape index (κ3) is 6.04. The Labute approximate surface area is 187 Å². The Morgan fingerprint density at radius 2 is 2.06 bits per heavy atom. The van der Waals surface area contributed by atoms with Crippen molar-refractivity contribution in [3.63, 3.8) is 0 Å². The SMILES string of the molecule is CCOc1ccc(-c2nc(CC(=O)NCC(C3CCOC3)N3CCOCC3)cs2)cc1. The number of carbonyl (C=O) groups is 1. The van der Waals surface area contributed by atoms with Gasteiger partial charge in [0.05, 0.1) is 38.5 Å². The summed E-state index contributed by atoms with van der Waals surface area (Å²) in [4.78, 5) is 19.7. The number of ether oxygens (including phenoxy) is 3. The lowest BCUT2D eigenvalue weighted by molar-refractivity contribution is -0.121. The number of morpholine rings is 1. The average Bonchev–Trinajstić information content (AvgIpc) is 3.48. The van der Waals surface area contributed by atoms with Crippen molar-refractivity contribution in [2.45, 2.75) is 25.8 Å². The van der Waals surface area contributed by atoms with Crippen LogP contribution in [0.15, 0.2) is 29.6 Å². The Morgan fingerprint density at radius 1 is 1.26 bits per heavy atom. The molecule has 2 saturated heterocycles. The number of nitrogens with zero attached hydrogens (tertiary/aromatic N) is 2. The first kappa shape index (κ1) is 22.2. The van der Waals surface area contributed by atoms with Gasteiger partial charge in [-0.3, -0.25) is 9.69 Å². The Hall–Kier alpha value is -2.00. The molecule has 1 N–H and O–H groups in total. The fourth-order valence-electron chi connectivity index (χ4n) is 4.19. The highest BCUT2D eigenvalue weighted by Gasteiger charge is 2.31. The summed E-state index contributed by atoms with van der Waals surface area (Å²) < 4.78 is 16.6. The van der Waals surface area contributed by atoms with Gasteiger partial charge >= 0.3 is 0 Å². The van der Waals surface area contributed by atoms with Crippen molar-refractivity contribution in [1.29, 1.82) is 0 Å². The predicted molar refractivity (Wildman–Crippen MR) is 121 cm³/mol. The molecule has 1 amide bonds. The molecule has 2 fully saturated rings. The summed E-state index contributed by atoms with van der Waals surface area (Å²) in [5, 5.41) is 6.03. The van der Waals surface area contributed by atoms with Crippen molar-refractivity contribution >= 4 is 17.2 Å². The highest BCUT2D eigenvalue weighted by Crippen LogP contribution is 2.26. The number of hydrogen-bond acceptors (Lipinski definition) is 7. The molecule has 0 spiro atoms. The van der Waals surface area contributed by atoms with Crippen LogP contribution in [0.5, 0.6) is 5.75 Å². The number of nitrogens with one attached hydrogen (secondary N) is 1. The smallest absolute Gasteiger partial charge is 0.226 e. The van der Waals surface area contributed by atoms with Crippen LogP contribution in [0, 0.1) is 5.92 Å². The number of amides is 1. The summed E-state index contributed by atoms with van der Waals surface area (Å²) in [6.45, 7) is 8.18. The maximum Gasteiger partial charge on any atom is 0.226 e. The van der Waals surface area contributed by atoms with Gasteiger partial charge in [-0.15, -0.1) is 11.3 Å². The molecule has 0 saturated carbocycles. The Kier molecular flexibility index (Phi) is 7.91. The van der Waals surface area contributed by atoms with Crippen molar-refractivity contribution < 1.29 is 19.0 Å². The fraction of sp³-hybridized carbons (Fsp3) is 0.565. The standard InChI is InChI=1S/C23H31N3O4S/c1-2-30-20-5-3-17(4-6-20)23-25-19(16-31-23)13-22(27)24-14-21(18-7-10-29-15-18)26-8-11-28-12-9-26/h3-6,16,18,21H,2,7-15H2,1H3,(H,24,27). The number of carbonyl (C=O) groups excluding carboxylic acids is 1. The minimum Gasteiger partial charge on any atom is -0.494 e. The summed E-state index contributed by atoms with van der Waals surface area (Å²) in [6.07, 6.45) is 1.35. The third-order valence-electron chi connectivity index (χ3n) is 5.84. The molecule has 31 heavy (non-hydrogen) atoms. The summed E-state index contributed by atoms with van der Waals surface area (Å²) >= 11 is 1.56. The van der Waals surface area contributed by atoms with E-state index in [4.69, 9.17) is 14.2 Å². The number of aromatic nitrogens is 1. The van der Waals surface area contributed by atoms with Crippen LogP contribution in [0.2, 0.25) is 0 Å². The van der Waals surface area contributed by atoms with Crippen molar-refractivity contribution in [3.05, 3.63) is 35.3 Å². The molecular formula is C23H31N3O4S. The molecule has 8 heteroatoms. The molecule has 2 aliphatic heterocycles. The largest absolute Gasteiger partial charge is 0.494 e. The minimum absolute atomic E-state index is 0.0146. The molecule has 7 nitrogen and oxygen atoms in total. The first-order valence-corrected chi connectivity index (χ1v) is 11.9. The number of hydrogen-bond donors (Lipinski definition) is 1. The van der Waals surface area contributed by atoms with Crippen molar-refractivity contribution in [2.75, 3.05) is 52.7 Å². The van der Waals surface area contributed by atoms with Crippen LogP contribution in [0.4, 0.5) is 0 Å². The molecule has 2 atom stereocenters. The lowest BCUT2D eigenvalue weighted by Gasteiger charge is -2.37. The van der Waals surface area contributed by atoms with Gasteiger partial charge in [0, 0.05) is 49.1 Å². The first-order valence-electron chi connectivity index (χ1n) is 11.1. The Balaban J connectivity index is 1.31. The second-order valence-electron chi connectivity index (χ2n) is 7.92. The molecule has 168 valence electrons. The molecule has 2 aliphatic rings. The summed E-state index contributed by atoms with van der Waals surface area (Å²) in [6, 6.07) is 8.20. The van der Waals surface area contributed by atoms with Gasteiger partial charge in [-0.25, -0.2) is 4.98 Å². The molecule has 3 heterocycles. The molecule has 0 aliphatic carbocycles. The van der Waals surface area contributed by atoms with Crippen LogP contribution in [-0.2, 0) is 20.7 Å². The second kappa shape index (κ2) is 11.0. The zero-order chi connectivity index (χ0) is 21.5. The molecule has 4 rings (SSSR count). The molecule has 2 unspecified atom stereocenters. The zero-order valence-corrected chi connectivity index (χ0v) is 18.9. The highest BCUT2D eigenvalue weighted by molar-refractivity contribution is 7.13. The Bertz CT molecular complexity index is 830. The van der Waals surface area contributed by atoms with E-state index >= 15 is 0 Å². The second-order valence-corrected chi connectivity index (χ2v) is 8.78. The lowest BCUT2D eigenvalue weighted by atomic mass is 9.97. The average molecular weight is 446 g/mol. The van der Waals surface area contributed by atoms with E-state index < -0.39 is 0 Å². The van der Waals surface area contributed by atoms with Gasteiger partial charge in [-0.2, -0.15) is 0 Å². The van der Waals surface area contributed by atoms with Crippen LogP contribution < -0.4 is 10.1 Å². The van der Waals surface area contributed by atoms with Gasteiger partial charge in [0.15, 0.2) is 0 Å². The molecule has 1 aromatic heterocycles. The van der Waals surface area contributed by atoms with Crippen molar-refractivity contribution in [2.24, 2.45) is 5.92 Å². The van der Waals surface area contributed by atoms with E-state index in [0.29, 0.717) is 31.5 Å². The van der Waals surface area contributed by atoms with E-state index in [0.717, 1.165) is 68.0 Å². The van der Waals surface area contributed by atoms with Gasteiger partial charge < -0.3 is 19.5 Å². The molecule has 2 aromatic rings. The van der Waals surface area contributed by atoms with Crippen LogP contribution >= 0.6 is 11.3 Å². The van der Waals surface area contributed by atoms with E-state index in [1.165, 1.54) is 0 Å². The monoisotopic (exact) mass is 445 g/mol. The number of benzene rings is 1. The molecule has 0 bridgehead atoms. The van der Waals surface area contributed by atoms with Gasteiger partial charge in [0.25, 0.3) is 0 Å². The van der Waals surface area contributed by atoms with E-state index in [1.807, 2.05) is 36.6 Å². The van der Waals surface area contributed by atoms with Gasteiger partial charge in [-0.05, 0) is 37.6 Å². The van der Waals surface area contributed by atoms with Crippen LogP contribution in [0.1, 0.15) is 19.0 Å². The molecular weight excluding hydrogens is 414 g/mol. The quantitative estimate of drug-likeness (QED) is 0.640. The summed E-state index contributed by atoms with van der Waals surface area (Å²) in [5.74, 6) is 1.33. The number of thiazole rings is 1. The Morgan fingerprint density at radius 3 is 2.77 bits per heavy atom. The van der Waals surface area contributed by atoms with E-state index in [9.17, 15) is 4.79 Å². The molecule has 0 radical (unpaired) electrons. The third-order valence-corrected chi connectivity index (χ3v) is 6.78. The highest BCUT2D eigenvalue weighted by atomic mass is 32.1. The van der Waals surface area contributed by atoms with Crippen LogP contribution in [-0.4, -0.2) is 74.5 Å². The molecule has 1 aromatic carbocycles. The number of rotatable bonds is 9. The lowest BCUT2D eigenvalue weighted by Crippen LogP contribution is -2.52. The van der Waals surface area contributed by atoms with E-state index in [2.05, 4.69) is 15.2 Å². The van der Waals surface area contributed by atoms with Crippen LogP contribution in [0.25, 0.3) is 10.6 Å². The zero-order valence-electron chi connectivity index (χ0n) is 18.0. The maximum absolute atomic E-state index is 12.6. The first-order chi connectivity index (χ1) is 15.2. The van der Waals surface area contributed by atoms with Crippen molar-refractivity contribution in [1.82, 2.24) is 15.2 Å². The van der Waals surface area contributed by atoms with E-state index in [1.54, 1.807) is 11.3 Å². The minimum atomic E-state index is 0.0146. The topological polar surface area (TPSA) is 72.9 Å². The van der Waals surface area contributed by atoms with E-state index in [-0.39, 0.29) is 5.91 Å². The maximum atomic E-state index is 12.6.